The molecule has 0 aliphatic carbocycles. The summed E-state index contributed by atoms with van der Waals surface area (Å²) in [6.45, 7) is 4.99. The zero-order valence-electron chi connectivity index (χ0n) is 19.7. The average molecular weight is 495 g/mol. The Labute approximate surface area is 209 Å². The van der Waals surface area contributed by atoms with E-state index in [2.05, 4.69) is 30.6 Å². The fourth-order valence-corrected chi connectivity index (χ4v) is 3.71. The molecule has 1 amide bonds. The molecule has 0 radical (unpaired) electrons. The number of hydrogen-bond acceptors (Lipinski definition) is 7. The normalized spacial score (nSPS) is 11.4. The van der Waals surface area contributed by atoms with Crippen molar-refractivity contribution in [1.82, 2.24) is 25.3 Å². The Balaban J connectivity index is 0.00000342. The first-order valence-corrected chi connectivity index (χ1v) is 11.0. The molecule has 0 aliphatic rings. The summed E-state index contributed by atoms with van der Waals surface area (Å²) in [5, 5.41) is 6.09. The van der Waals surface area contributed by atoms with Crippen molar-refractivity contribution >= 4 is 36.1 Å². The fourth-order valence-electron chi connectivity index (χ4n) is 3.71. The average Bonchev–Trinajstić information content (AvgIpc) is 2.87. The molecule has 0 unspecified atom stereocenters. The highest BCUT2D eigenvalue weighted by Gasteiger charge is 2.18. The van der Waals surface area contributed by atoms with Gasteiger partial charge in [-0.1, -0.05) is 13.0 Å². The monoisotopic (exact) mass is 494 g/mol. The Morgan fingerprint density at radius 3 is 2.66 bits per heavy atom. The molecular weight excluding hydrogens is 467 g/mol. The van der Waals surface area contributed by atoms with Crippen LogP contribution in [-0.4, -0.2) is 46.0 Å². The molecule has 1 aromatic carbocycles. The molecular formula is C25H27FN6O2S. The first-order chi connectivity index (χ1) is 16.5. The molecule has 3 heterocycles. The van der Waals surface area contributed by atoms with Crippen molar-refractivity contribution in [2.75, 3.05) is 25.5 Å². The molecule has 0 fully saturated rings. The summed E-state index contributed by atoms with van der Waals surface area (Å²) in [4.78, 5) is 29.5. The van der Waals surface area contributed by atoms with Crippen molar-refractivity contribution in [1.29, 1.82) is 0 Å². The smallest absolute Gasteiger partial charge is 0.251 e. The number of nitrogens with one attached hydrogen (secondary N) is 2. The van der Waals surface area contributed by atoms with E-state index in [1.165, 1.54) is 31.7 Å². The van der Waals surface area contributed by atoms with Gasteiger partial charge >= 0.3 is 0 Å². The van der Waals surface area contributed by atoms with Gasteiger partial charge in [0.1, 0.15) is 18.0 Å². The lowest BCUT2D eigenvalue weighted by molar-refractivity contribution is 0.0964. The Hall–Kier alpha value is -3.79. The van der Waals surface area contributed by atoms with Gasteiger partial charge in [0.2, 0.25) is 5.88 Å². The number of carbonyl (C=O) groups excluding carboxylic acids is 1. The van der Waals surface area contributed by atoms with Crippen molar-refractivity contribution in [3.05, 3.63) is 72.1 Å². The van der Waals surface area contributed by atoms with Crippen LogP contribution in [0.5, 0.6) is 5.88 Å². The summed E-state index contributed by atoms with van der Waals surface area (Å²) in [5.41, 5.74) is 3.14. The van der Waals surface area contributed by atoms with Crippen LogP contribution in [0, 0.1) is 5.82 Å². The van der Waals surface area contributed by atoms with Gasteiger partial charge in [0.25, 0.3) is 5.91 Å². The Morgan fingerprint density at radius 1 is 1.11 bits per heavy atom. The van der Waals surface area contributed by atoms with Gasteiger partial charge in [-0.05, 0) is 30.7 Å². The minimum absolute atomic E-state index is 0. The van der Waals surface area contributed by atoms with Crippen LogP contribution < -0.4 is 15.4 Å². The lowest BCUT2D eigenvalue weighted by Crippen LogP contribution is -2.19. The number of ether oxygens (including phenoxy) is 1. The molecule has 182 valence electrons. The molecule has 4 aromatic rings. The van der Waals surface area contributed by atoms with Gasteiger partial charge in [-0.3, -0.25) is 9.78 Å². The second kappa shape index (κ2) is 11.6. The largest absolute Gasteiger partial charge is 0.478 e. The summed E-state index contributed by atoms with van der Waals surface area (Å²) in [6.07, 6.45) is 4.72. The highest BCUT2D eigenvalue weighted by Crippen LogP contribution is 2.29. The van der Waals surface area contributed by atoms with Crippen LogP contribution in [0.25, 0.3) is 22.2 Å². The van der Waals surface area contributed by atoms with Crippen LogP contribution in [0.3, 0.4) is 0 Å². The third-order valence-electron chi connectivity index (χ3n) is 5.46. The predicted octanol–water partition coefficient (Wildman–Crippen LogP) is 4.31. The number of anilines is 1. The van der Waals surface area contributed by atoms with E-state index in [0.29, 0.717) is 30.4 Å². The first-order valence-electron chi connectivity index (χ1n) is 11.0. The van der Waals surface area contributed by atoms with E-state index in [0.717, 1.165) is 16.8 Å². The number of carbonyl (C=O) groups is 1. The number of nitrogens with zero attached hydrogens (tertiary/aromatic N) is 4. The minimum Gasteiger partial charge on any atom is -0.478 e. The maximum Gasteiger partial charge on any atom is 0.251 e. The third-order valence-corrected chi connectivity index (χ3v) is 5.46. The van der Waals surface area contributed by atoms with E-state index in [-0.39, 0.29) is 36.3 Å². The summed E-state index contributed by atoms with van der Waals surface area (Å²) >= 11 is 0. The SMILES string of the molecule is CCOc1ccc(-c2cc(NC[C@@H](C)c3ccc(F)c4c(C(=O)NC)ccnc34)ncn2)cn1.S. The molecule has 8 nitrogen and oxygen atoms in total. The molecule has 0 saturated heterocycles. The molecule has 0 spiro atoms. The molecule has 0 bridgehead atoms. The Morgan fingerprint density at radius 2 is 1.94 bits per heavy atom. The molecule has 35 heavy (non-hydrogen) atoms. The van der Waals surface area contributed by atoms with Crippen molar-refractivity contribution in [3.8, 4) is 17.1 Å². The Bertz CT molecular complexity index is 1320. The zero-order chi connectivity index (χ0) is 24.1. The number of halogens is 1. The van der Waals surface area contributed by atoms with E-state index in [1.807, 2.05) is 26.0 Å². The molecule has 10 heteroatoms. The van der Waals surface area contributed by atoms with Gasteiger partial charge in [-0.2, -0.15) is 13.5 Å². The van der Waals surface area contributed by atoms with Crippen molar-refractivity contribution in [2.24, 2.45) is 0 Å². The molecule has 1 atom stereocenters. The summed E-state index contributed by atoms with van der Waals surface area (Å²) in [7, 11) is 1.52. The van der Waals surface area contributed by atoms with Crippen LogP contribution in [0.4, 0.5) is 10.2 Å². The van der Waals surface area contributed by atoms with Gasteiger partial charge < -0.3 is 15.4 Å². The standard InChI is InChI=1S/C25H25FN6O2.H2S/c1-4-34-22-8-5-16(13-30-22)20-11-21(32-14-31-20)29-12-15(2)17-6-7-19(26)23-18(25(33)27-3)9-10-28-24(17)23;/h5-11,13-15H,4,12H2,1-3H3,(H,27,33)(H,29,31,32);1H2/t15-;/m1./s1. The number of hydrogen-bond donors (Lipinski definition) is 2. The van der Waals surface area contributed by atoms with Gasteiger partial charge in [-0.15, -0.1) is 0 Å². The maximum atomic E-state index is 14.6. The van der Waals surface area contributed by atoms with Crippen molar-refractivity contribution in [2.45, 2.75) is 19.8 Å². The summed E-state index contributed by atoms with van der Waals surface area (Å²) < 4.78 is 20.0. The van der Waals surface area contributed by atoms with Crippen LogP contribution in [0.2, 0.25) is 0 Å². The van der Waals surface area contributed by atoms with Gasteiger partial charge in [-0.25, -0.2) is 19.3 Å². The van der Waals surface area contributed by atoms with E-state index < -0.39 is 5.82 Å². The number of benzene rings is 1. The number of pyridine rings is 2. The molecule has 3 aromatic heterocycles. The number of amides is 1. The third kappa shape index (κ3) is 5.65. The zero-order valence-corrected chi connectivity index (χ0v) is 20.7. The fraction of sp³-hybridized carbons (Fsp3) is 0.240. The highest BCUT2D eigenvalue weighted by atomic mass is 32.1. The number of fused-ring (bicyclic) bond motifs is 1. The quantitative estimate of drug-likeness (QED) is 0.376. The van der Waals surface area contributed by atoms with Crippen molar-refractivity contribution < 1.29 is 13.9 Å². The lowest BCUT2D eigenvalue weighted by Gasteiger charge is -2.17. The van der Waals surface area contributed by atoms with Crippen molar-refractivity contribution in [3.63, 3.8) is 0 Å². The number of aromatic nitrogens is 4. The molecule has 0 saturated carbocycles. The van der Waals surface area contributed by atoms with E-state index in [4.69, 9.17) is 4.74 Å². The van der Waals surface area contributed by atoms with E-state index in [9.17, 15) is 9.18 Å². The van der Waals surface area contributed by atoms with Crippen LogP contribution in [-0.2, 0) is 0 Å². The van der Waals surface area contributed by atoms with E-state index in [1.54, 1.807) is 18.3 Å². The second-order valence-electron chi connectivity index (χ2n) is 7.69. The highest BCUT2D eigenvalue weighted by molar-refractivity contribution is 7.59. The molecule has 2 N–H and O–H groups in total. The minimum atomic E-state index is -0.477. The van der Waals surface area contributed by atoms with Gasteiger partial charge in [0, 0.05) is 55.0 Å². The van der Waals surface area contributed by atoms with E-state index >= 15 is 0 Å². The maximum absolute atomic E-state index is 14.6. The molecule has 4 rings (SSSR count). The summed E-state index contributed by atoms with van der Waals surface area (Å²) in [5.74, 6) is 0.339. The lowest BCUT2D eigenvalue weighted by atomic mass is 9.95. The summed E-state index contributed by atoms with van der Waals surface area (Å²) in [6, 6.07) is 10.2. The van der Waals surface area contributed by atoms with Crippen LogP contribution in [0.1, 0.15) is 35.7 Å². The second-order valence-corrected chi connectivity index (χ2v) is 7.69. The first kappa shape index (κ1) is 25.8. The van der Waals surface area contributed by atoms with Gasteiger partial charge in [0.15, 0.2) is 0 Å². The predicted molar refractivity (Wildman–Crippen MR) is 139 cm³/mol. The molecule has 0 aliphatic heterocycles. The van der Waals surface area contributed by atoms with Crippen LogP contribution in [0.15, 0.2) is 55.1 Å². The Kier molecular flexibility index (Phi) is 8.53. The van der Waals surface area contributed by atoms with Gasteiger partial charge in [0.05, 0.1) is 23.4 Å². The number of rotatable bonds is 8. The van der Waals surface area contributed by atoms with Crippen LogP contribution >= 0.6 is 13.5 Å². The topological polar surface area (TPSA) is 102 Å².